The number of nitro benzene ring substituents is 1. The van der Waals surface area contributed by atoms with Crippen molar-refractivity contribution in [2.75, 3.05) is 0 Å². The summed E-state index contributed by atoms with van der Waals surface area (Å²) >= 11 is 8.98. The number of aliphatic imine (C=N–C) groups is 1. The van der Waals surface area contributed by atoms with Crippen molar-refractivity contribution < 1.29 is 10.0 Å². The molecule has 0 saturated carbocycles. The molecule has 0 spiro atoms. The van der Waals surface area contributed by atoms with Crippen LogP contribution in [0.25, 0.3) is 0 Å². The van der Waals surface area contributed by atoms with Crippen LogP contribution in [-0.2, 0) is 0 Å². The summed E-state index contributed by atoms with van der Waals surface area (Å²) in [7, 11) is 0. The highest BCUT2D eigenvalue weighted by molar-refractivity contribution is 9.10. The Morgan fingerprint density at radius 2 is 2.10 bits per heavy atom. The third-order valence-electron chi connectivity index (χ3n) is 2.44. The molecule has 0 aliphatic heterocycles. The van der Waals surface area contributed by atoms with E-state index in [1.807, 2.05) is 0 Å². The molecule has 0 aliphatic carbocycles. The highest BCUT2D eigenvalue weighted by Crippen LogP contribution is 2.32. The fourth-order valence-electron chi connectivity index (χ4n) is 1.54. The number of benzene rings is 2. The first-order chi connectivity index (χ1) is 9.47. The molecule has 2 aromatic rings. The third-order valence-corrected chi connectivity index (χ3v) is 3.13. The van der Waals surface area contributed by atoms with Gasteiger partial charge in [0.15, 0.2) is 0 Å². The predicted molar refractivity (Wildman–Crippen MR) is 81.2 cm³/mol. The van der Waals surface area contributed by atoms with Crippen LogP contribution in [0.2, 0.25) is 5.02 Å². The average Bonchev–Trinajstić information content (AvgIpc) is 2.39. The summed E-state index contributed by atoms with van der Waals surface area (Å²) in [6, 6.07) is 9.58. The minimum Gasteiger partial charge on any atom is -0.502 e. The van der Waals surface area contributed by atoms with Crippen LogP contribution in [0.5, 0.6) is 5.75 Å². The Morgan fingerprint density at radius 3 is 2.75 bits per heavy atom. The van der Waals surface area contributed by atoms with Crippen LogP contribution in [-0.4, -0.2) is 16.2 Å². The Labute approximate surface area is 127 Å². The van der Waals surface area contributed by atoms with Crippen LogP contribution in [0.15, 0.2) is 45.9 Å². The molecule has 0 heterocycles. The van der Waals surface area contributed by atoms with E-state index in [-0.39, 0.29) is 11.3 Å². The van der Waals surface area contributed by atoms with Crippen molar-refractivity contribution >= 4 is 45.1 Å². The van der Waals surface area contributed by atoms with Gasteiger partial charge in [-0.05, 0) is 24.3 Å². The van der Waals surface area contributed by atoms with Crippen molar-refractivity contribution in [2.45, 2.75) is 0 Å². The molecule has 0 unspecified atom stereocenters. The summed E-state index contributed by atoms with van der Waals surface area (Å²) < 4.78 is 0.481. The van der Waals surface area contributed by atoms with Gasteiger partial charge in [-0.25, -0.2) is 0 Å². The van der Waals surface area contributed by atoms with E-state index in [9.17, 15) is 15.2 Å². The Morgan fingerprint density at radius 1 is 1.35 bits per heavy atom. The standard InChI is InChI=1S/C13H8BrClN2O3/c14-9-4-8(13(18)12(5-9)17(19)20)7-16-11-3-1-2-10(15)6-11/h1-7,18H. The molecule has 7 heteroatoms. The van der Waals surface area contributed by atoms with Crippen molar-refractivity contribution in [1.29, 1.82) is 0 Å². The lowest BCUT2D eigenvalue weighted by Gasteiger charge is -2.01. The van der Waals surface area contributed by atoms with Gasteiger partial charge in [0.2, 0.25) is 5.75 Å². The number of hydrogen-bond acceptors (Lipinski definition) is 4. The molecule has 1 N–H and O–H groups in total. The molecule has 0 bridgehead atoms. The van der Waals surface area contributed by atoms with Crippen molar-refractivity contribution in [1.82, 2.24) is 0 Å². The maximum absolute atomic E-state index is 10.8. The number of hydrogen-bond donors (Lipinski definition) is 1. The quantitative estimate of drug-likeness (QED) is 0.501. The molecule has 0 aromatic heterocycles. The van der Waals surface area contributed by atoms with E-state index in [4.69, 9.17) is 11.6 Å². The van der Waals surface area contributed by atoms with Gasteiger partial charge in [-0.2, -0.15) is 0 Å². The summed E-state index contributed by atoms with van der Waals surface area (Å²) in [5, 5.41) is 21.2. The van der Waals surface area contributed by atoms with E-state index in [0.717, 1.165) is 0 Å². The van der Waals surface area contributed by atoms with Crippen molar-refractivity contribution in [3.8, 4) is 5.75 Å². The average molecular weight is 356 g/mol. The zero-order valence-corrected chi connectivity index (χ0v) is 12.3. The van der Waals surface area contributed by atoms with E-state index in [1.54, 1.807) is 24.3 Å². The number of nitrogens with zero attached hydrogens (tertiary/aromatic N) is 2. The van der Waals surface area contributed by atoms with Crippen molar-refractivity contribution in [3.05, 3.63) is 61.6 Å². The van der Waals surface area contributed by atoms with Crippen LogP contribution < -0.4 is 0 Å². The van der Waals surface area contributed by atoms with Gasteiger partial charge in [0.05, 0.1) is 10.6 Å². The summed E-state index contributed by atoms with van der Waals surface area (Å²) in [5.74, 6) is -0.427. The molecule has 102 valence electrons. The number of nitro groups is 1. The molecule has 0 aliphatic rings. The predicted octanol–water partition coefficient (Wildman–Crippen LogP) is 4.47. The second-order valence-corrected chi connectivity index (χ2v) is 5.21. The number of phenols is 1. The van der Waals surface area contributed by atoms with Gasteiger partial charge in [-0.15, -0.1) is 0 Å². The number of halogens is 2. The number of rotatable bonds is 3. The molecular formula is C13H8BrClN2O3. The van der Waals surface area contributed by atoms with Gasteiger partial charge in [-0.1, -0.05) is 33.6 Å². The highest BCUT2D eigenvalue weighted by Gasteiger charge is 2.17. The zero-order chi connectivity index (χ0) is 14.7. The van der Waals surface area contributed by atoms with E-state index in [1.165, 1.54) is 18.3 Å². The van der Waals surface area contributed by atoms with Crippen LogP contribution in [0.1, 0.15) is 5.56 Å². The largest absolute Gasteiger partial charge is 0.502 e. The first kappa shape index (κ1) is 14.5. The minimum atomic E-state index is -0.656. The van der Waals surface area contributed by atoms with E-state index in [2.05, 4.69) is 20.9 Å². The maximum atomic E-state index is 10.8. The summed E-state index contributed by atoms with van der Waals surface area (Å²) in [6.07, 6.45) is 1.35. The van der Waals surface area contributed by atoms with Crippen LogP contribution in [0, 0.1) is 10.1 Å². The number of aromatic hydroxyl groups is 1. The molecule has 2 aromatic carbocycles. The molecule has 0 amide bonds. The molecule has 2 rings (SSSR count). The molecule has 0 atom stereocenters. The first-order valence-corrected chi connectivity index (χ1v) is 6.61. The SMILES string of the molecule is O=[N+]([O-])c1cc(Br)cc(C=Nc2cccc(Cl)c2)c1O. The normalized spacial score (nSPS) is 10.9. The monoisotopic (exact) mass is 354 g/mol. The second-order valence-electron chi connectivity index (χ2n) is 3.86. The van der Waals surface area contributed by atoms with Gasteiger partial charge in [0.1, 0.15) is 0 Å². The summed E-state index contributed by atoms with van der Waals surface area (Å²) in [4.78, 5) is 14.3. The van der Waals surface area contributed by atoms with E-state index in [0.29, 0.717) is 15.2 Å². The minimum absolute atomic E-state index is 0.242. The molecule has 0 fully saturated rings. The number of phenolic OH excluding ortho intramolecular Hbond substituents is 1. The van der Waals surface area contributed by atoms with Crippen molar-refractivity contribution in [2.24, 2.45) is 4.99 Å². The lowest BCUT2D eigenvalue weighted by Crippen LogP contribution is -1.92. The maximum Gasteiger partial charge on any atom is 0.312 e. The topological polar surface area (TPSA) is 75.7 Å². The molecule has 0 radical (unpaired) electrons. The molecule has 20 heavy (non-hydrogen) atoms. The summed E-state index contributed by atoms with van der Waals surface area (Å²) in [6.45, 7) is 0. The van der Waals surface area contributed by atoms with Crippen LogP contribution in [0.4, 0.5) is 11.4 Å². The fraction of sp³-hybridized carbons (Fsp3) is 0. The Bertz CT molecular complexity index is 704. The highest BCUT2D eigenvalue weighted by atomic mass is 79.9. The summed E-state index contributed by atoms with van der Waals surface area (Å²) in [5.41, 5.74) is 0.442. The molecule has 0 saturated heterocycles. The molecule has 5 nitrogen and oxygen atoms in total. The van der Waals surface area contributed by atoms with Gasteiger partial charge >= 0.3 is 5.69 Å². The van der Waals surface area contributed by atoms with Gasteiger partial charge < -0.3 is 5.11 Å². The Hall–Kier alpha value is -1.92. The van der Waals surface area contributed by atoms with Crippen molar-refractivity contribution in [3.63, 3.8) is 0 Å². The first-order valence-electron chi connectivity index (χ1n) is 5.44. The van der Waals surface area contributed by atoms with E-state index >= 15 is 0 Å². The zero-order valence-electron chi connectivity index (χ0n) is 9.96. The smallest absolute Gasteiger partial charge is 0.312 e. The van der Waals surface area contributed by atoms with E-state index < -0.39 is 10.7 Å². The van der Waals surface area contributed by atoms with Gasteiger partial charge in [0.25, 0.3) is 0 Å². The fourth-order valence-corrected chi connectivity index (χ4v) is 2.19. The van der Waals surface area contributed by atoms with Crippen LogP contribution in [0.3, 0.4) is 0 Å². The lowest BCUT2D eigenvalue weighted by molar-refractivity contribution is -0.385. The molecular weight excluding hydrogens is 348 g/mol. The second kappa shape index (κ2) is 6.02. The third kappa shape index (κ3) is 3.34. The van der Waals surface area contributed by atoms with Crippen LogP contribution >= 0.6 is 27.5 Å². The van der Waals surface area contributed by atoms with Gasteiger partial charge in [-0.3, -0.25) is 15.1 Å². The lowest BCUT2D eigenvalue weighted by atomic mass is 10.2. The Kier molecular flexibility index (Phi) is 4.36. The Balaban J connectivity index is 2.41. The van der Waals surface area contributed by atoms with Gasteiger partial charge in [0, 0.05) is 27.3 Å².